The van der Waals surface area contributed by atoms with Crippen molar-refractivity contribution in [2.24, 2.45) is 4.99 Å². The summed E-state index contributed by atoms with van der Waals surface area (Å²) in [7, 11) is 1.47. The molecule has 1 aliphatic heterocycles. The van der Waals surface area contributed by atoms with Crippen LogP contribution < -0.4 is 9.22 Å². The molecule has 4 nitrogen and oxygen atoms in total. The van der Waals surface area contributed by atoms with Crippen molar-refractivity contribution in [3.8, 4) is 5.75 Å². The standard InChI is InChI=1S/C18H15Cl2F2N2O2/c1-10-16(9-25)24(18(20)23-10,17-13(21)4-3-5-14(17)22)15-7-6-11(26-2)8-12(15)19/h3-8,25H,9H2,1-2H3/q+1. The number of methoxy groups -OCH3 is 1. The Hall–Kier alpha value is -1.99. The van der Waals surface area contributed by atoms with Crippen molar-refractivity contribution in [1.29, 1.82) is 0 Å². The summed E-state index contributed by atoms with van der Waals surface area (Å²) >= 11 is 12.8. The van der Waals surface area contributed by atoms with Crippen LogP contribution in [0.4, 0.5) is 20.2 Å². The first-order chi connectivity index (χ1) is 12.4. The molecule has 1 atom stereocenters. The highest BCUT2D eigenvalue weighted by atomic mass is 35.5. The molecule has 8 heteroatoms. The van der Waals surface area contributed by atoms with Crippen LogP contribution in [0.25, 0.3) is 0 Å². The Kier molecular flexibility index (Phi) is 5.03. The van der Waals surface area contributed by atoms with Crippen molar-refractivity contribution in [3.05, 3.63) is 64.4 Å². The van der Waals surface area contributed by atoms with E-state index in [9.17, 15) is 13.9 Å². The number of hydrogen-bond acceptors (Lipinski definition) is 3. The Morgan fingerprint density at radius 3 is 2.35 bits per heavy atom. The van der Waals surface area contributed by atoms with Crippen LogP contribution in [-0.4, -0.2) is 24.1 Å². The average Bonchev–Trinajstić information content (AvgIpc) is 2.84. The first-order valence-corrected chi connectivity index (χ1v) is 8.37. The third kappa shape index (κ3) is 2.61. The van der Waals surface area contributed by atoms with Gasteiger partial charge in [-0.1, -0.05) is 17.7 Å². The largest absolute Gasteiger partial charge is 0.497 e. The molecule has 1 aliphatic rings. The van der Waals surface area contributed by atoms with Crippen molar-refractivity contribution in [1.82, 2.24) is 4.48 Å². The summed E-state index contributed by atoms with van der Waals surface area (Å²) < 4.78 is 33.9. The van der Waals surface area contributed by atoms with E-state index >= 15 is 0 Å². The van der Waals surface area contributed by atoms with Gasteiger partial charge in [0, 0.05) is 23.7 Å². The lowest BCUT2D eigenvalue weighted by molar-refractivity contribution is 0.308. The number of aliphatic hydroxyl groups is 1. The van der Waals surface area contributed by atoms with Crippen LogP contribution in [0, 0.1) is 11.6 Å². The van der Waals surface area contributed by atoms with Gasteiger partial charge in [-0.05, 0) is 25.1 Å². The monoisotopic (exact) mass is 399 g/mol. The van der Waals surface area contributed by atoms with E-state index in [1.807, 2.05) is 0 Å². The highest BCUT2D eigenvalue weighted by Crippen LogP contribution is 2.50. The number of aliphatic imine (C=N–C) groups is 1. The highest BCUT2D eigenvalue weighted by molar-refractivity contribution is 6.68. The van der Waals surface area contributed by atoms with Crippen LogP contribution in [0.15, 0.2) is 52.8 Å². The smallest absolute Gasteiger partial charge is 0.315 e. The van der Waals surface area contributed by atoms with Crippen molar-refractivity contribution in [2.45, 2.75) is 6.92 Å². The fraction of sp³-hybridized carbons (Fsp3) is 0.167. The number of allylic oxidation sites excluding steroid dienone is 1. The number of rotatable bonds is 4. The van der Waals surface area contributed by atoms with Gasteiger partial charge in [0.05, 0.1) is 7.11 Å². The first kappa shape index (κ1) is 18.8. The maximum atomic E-state index is 14.8. The van der Waals surface area contributed by atoms with E-state index in [1.165, 1.54) is 19.2 Å². The molecular formula is C18H15Cl2F2N2O2+. The maximum Gasteiger partial charge on any atom is 0.315 e. The Balaban J connectivity index is 2.45. The van der Waals surface area contributed by atoms with Crippen LogP contribution in [0.2, 0.25) is 5.02 Å². The summed E-state index contributed by atoms with van der Waals surface area (Å²) in [6.07, 6.45) is 0. The molecule has 0 spiro atoms. The van der Waals surface area contributed by atoms with Gasteiger partial charge in [-0.3, -0.25) is 0 Å². The molecule has 2 aromatic rings. The molecule has 0 aliphatic carbocycles. The van der Waals surface area contributed by atoms with Gasteiger partial charge in [0.25, 0.3) is 0 Å². The number of quaternary nitrogens is 1. The number of nitrogens with zero attached hydrogens (tertiary/aromatic N) is 2. The van der Waals surface area contributed by atoms with Gasteiger partial charge < -0.3 is 9.84 Å². The summed E-state index contributed by atoms with van der Waals surface area (Å²) in [5, 5.41) is 9.97. The van der Waals surface area contributed by atoms with Crippen molar-refractivity contribution < 1.29 is 18.6 Å². The normalized spacial score (nSPS) is 19.7. The topological polar surface area (TPSA) is 41.8 Å². The van der Waals surface area contributed by atoms with E-state index in [2.05, 4.69) is 4.99 Å². The molecule has 0 saturated heterocycles. The first-order valence-electron chi connectivity index (χ1n) is 7.61. The summed E-state index contributed by atoms with van der Waals surface area (Å²) in [5.41, 5.74) is 0.401. The average molecular weight is 400 g/mol. The van der Waals surface area contributed by atoms with Crippen LogP contribution in [0.5, 0.6) is 5.75 Å². The zero-order valence-corrected chi connectivity index (χ0v) is 15.4. The van der Waals surface area contributed by atoms with E-state index in [0.29, 0.717) is 11.4 Å². The number of hydrogen-bond donors (Lipinski definition) is 1. The van der Waals surface area contributed by atoms with Crippen LogP contribution in [-0.2, 0) is 0 Å². The number of benzene rings is 2. The predicted octanol–water partition coefficient (Wildman–Crippen LogP) is 5.10. The van der Waals surface area contributed by atoms with Crippen LogP contribution in [0.1, 0.15) is 6.92 Å². The number of aliphatic hydroxyl groups excluding tert-OH is 1. The molecule has 0 amide bonds. The molecule has 3 rings (SSSR count). The van der Waals surface area contributed by atoms with Gasteiger partial charge in [0.15, 0.2) is 23.0 Å². The Labute approximate surface area is 159 Å². The van der Waals surface area contributed by atoms with E-state index in [0.717, 1.165) is 12.1 Å². The molecule has 0 fully saturated rings. The molecule has 26 heavy (non-hydrogen) atoms. The van der Waals surface area contributed by atoms with Crippen molar-refractivity contribution >= 4 is 39.9 Å². The van der Waals surface area contributed by atoms with Gasteiger partial charge in [0.2, 0.25) is 5.69 Å². The Morgan fingerprint density at radius 2 is 1.81 bits per heavy atom. The second-order valence-electron chi connectivity index (χ2n) is 5.63. The SMILES string of the molecule is COc1ccc([N+]2(c3c(F)cccc3F)C(Cl)=NC(C)=C2CO)c(Cl)c1. The van der Waals surface area contributed by atoms with Gasteiger partial charge >= 0.3 is 5.29 Å². The summed E-state index contributed by atoms with van der Waals surface area (Å²) in [6.45, 7) is 1.08. The zero-order chi connectivity index (χ0) is 19.1. The molecule has 0 aromatic heterocycles. The van der Waals surface area contributed by atoms with Gasteiger partial charge in [0.1, 0.15) is 23.1 Å². The van der Waals surface area contributed by atoms with Crippen molar-refractivity contribution in [2.75, 3.05) is 13.7 Å². The Morgan fingerprint density at radius 1 is 1.15 bits per heavy atom. The van der Waals surface area contributed by atoms with E-state index in [-0.39, 0.29) is 21.7 Å². The second-order valence-corrected chi connectivity index (χ2v) is 6.37. The van der Waals surface area contributed by atoms with Crippen LogP contribution >= 0.6 is 23.2 Å². The van der Waals surface area contributed by atoms with Crippen molar-refractivity contribution in [3.63, 3.8) is 0 Å². The fourth-order valence-corrected chi connectivity index (χ4v) is 3.84. The second kappa shape index (κ2) is 6.96. The number of halogens is 4. The molecule has 0 radical (unpaired) electrons. The third-order valence-corrected chi connectivity index (χ3v) is 4.94. The van der Waals surface area contributed by atoms with Crippen LogP contribution in [0.3, 0.4) is 0 Å². The van der Waals surface area contributed by atoms with Gasteiger partial charge in [-0.15, -0.1) is 0 Å². The molecule has 1 unspecified atom stereocenters. The number of amidine groups is 1. The van der Waals surface area contributed by atoms with Gasteiger partial charge in [-0.25, -0.2) is 8.78 Å². The quantitative estimate of drug-likeness (QED) is 0.573. The lowest BCUT2D eigenvalue weighted by Gasteiger charge is -2.34. The molecular weight excluding hydrogens is 385 g/mol. The zero-order valence-electron chi connectivity index (χ0n) is 13.9. The molecule has 2 aromatic carbocycles. The van der Waals surface area contributed by atoms with Gasteiger partial charge in [-0.2, -0.15) is 9.48 Å². The minimum Gasteiger partial charge on any atom is -0.497 e. The summed E-state index contributed by atoms with van der Waals surface area (Å²) in [5.74, 6) is -1.22. The number of ether oxygens (including phenoxy) is 1. The molecule has 136 valence electrons. The maximum absolute atomic E-state index is 14.8. The molecule has 0 saturated carbocycles. The predicted molar refractivity (Wildman–Crippen MR) is 98.9 cm³/mol. The lowest BCUT2D eigenvalue weighted by Crippen LogP contribution is -2.47. The van der Waals surface area contributed by atoms with E-state index < -0.39 is 28.4 Å². The molecule has 1 N–H and O–H groups in total. The number of para-hydroxylation sites is 1. The minimum atomic E-state index is -0.842. The minimum absolute atomic E-state index is 0.150. The highest BCUT2D eigenvalue weighted by Gasteiger charge is 2.53. The summed E-state index contributed by atoms with van der Waals surface area (Å²) in [6, 6.07) is 8.11. The van der Waals surface area contributed by atoms with E-state index in [4.69, 9.17) is 27.9 Å². The molecule has 0 bridgehead atoms. The fourth-order valence-electron chi connectivity index (χ4n) is 3.14. The summed E-state index contributed by atoms with van der Waals surface area (Å²) in [4.78, 5) is 4.16. The lowest BCUT2D eigenvalue weighted by atomic mass is 10.1. The molecule has 1 heterocycles. The third-order valence-electron chi connectivity index (χ3n) is 4.30. The van der Waals surface area contributed by atoms with E-state index in [1.54, 1.807) is 19.1 Å². The Bertz CT molecular complexity index is 927.